The Kier molecular flexibility index (Phi) is 4.12. The van der Waals surface area contributed by atoms with Gasteiger partial charge in [-0.05, 0) is 26.0 Å². The van der Waals surface area contributed by atoms with Gasteiger partial charge in [0.25, 0.3) is 5.91 Å². The first-order valence-corrected chi connectivity index (χ1v) is 6.00. The van der Waals surface area contributed by atoms with Crippen LogP contribution in [0, 0.1) is 6.92 Å². The average molecular weight is 261 g/mol. The van der Waals surface area contributed by atoms with Crippen LogP contribution in [-0.4, -0.2) is 22.7 Å². The number of benzene rings is 1. The molecule has 0 saturated carbocycles. The minimum Gasteiger partial charge on any atom is -0.493 e. The summed E-state index contributed by atoms with van der Waals surface area (Å²) in [4.78, 5) is 16.1. The number of amides is 1. The second kappa shape index (κ2) is 5.99. The van der Waals surface area contributed by atoms with Crippen molar-refractivity contribution in [2.45, 2.75) is 20.4 Å². The monoisotopic (exact) mass is 261 g/mol. The van der Waals surface area contributed by atoms with Crippen LogP contribution in [0.4, 0.5) is 0 Å². The Morgan fingerprint density at radius 3 is 2.89 bits per heavy atom. The van der Waals surface area contributed by atoms with E-state index in [-0.39, 0.29) is 12.5 Å². The highest BCUT2D eigenvalue weighted by atomic mass is 16.5. The minimum absolute atomic E-state index is 0.195. The van der Waals surface area contributed by atoms with Crippen molar-refractivity contribution in [3.63, 3.8) is 0 Å². The van der Waals surface area contributed by atoms with Gasteiger partial charge in [-0.25, -0.2) is 0 Å². The molecule has 19 heavy (non-hydrogen) atoms. The van der Waals surface area contributed by atoms with Gasteiger partial charge >= 0.3 is 0 Å². The predicted molar refractivity (Wildman–Crippen MR) is 67.8 cm³/mol. The number of hydrogen-bond acceptors (Lipinski definition) is 5. The first kappa shape index (κ1) is 13.1. The van der Waals surface area contributed by atoms with Crippen LogP contribution in [0.15, 0.2) is 28.8 Å². The van der Waals surface area contributed by atoms with Crippen molar-refractivity contribution in [3.8, 4) is 5.75 Å². The van der Waals surface area contributed by atoms with Crippen LogP contribution >= 0.6 is 0 Å². The molecule has 100 valence electrons. The number of para-hydroxylation sites is 1. The maximum atomic E-state index is 12.0. The van der Waals surface area contributed by atoms with Crippen molar-refractivity contribution in [2.24, 2.45) is 0 Å². The summed E-state index contributed by atoms with van der Waals surface area (Å²) in [6, 6.07) is 7.08. The van der Waals surface area contributed by atoms with Crippen LogP contribution < -0.4 is 10.1 Å². The minimum atomic E-state index is -0.236. The third-order valence-electron chi connectivity index (χ3n) is 2.40. The summed E-state index contributed by atoms with van der Waals surface area (Å²) in [5.74, 6) is 1.24. The van der Waals surface area contributed by atoms with E-state index in [9.17, 15) is 4.79 Å². The smallest absolute Gasteiger partial charge is 0.255 e. The quantitative estimate of drug-likeness (QED) is 0.886. The molecule has 0 aliphatic heterocycles. The fraction of sp³-hybridized carbons (Fsp3) is 0.308. The van der Waals surface area contributed by atoms with Crippen molar-refractivity contribution >= 4 is 5.91 Å². The molecule has 0 aliphatic carbocycles. The van der Waals surface area contributed by atoms with Gasteiger partial charge < -0.3 is 14.6 Å². The molecule has 0 bridgehead atoms. The number of rotatable bonds is 5. The second-order valence-corrected chi connectivity index (χ2v) is 3.85. The van der Waals surface area contributed by atoms with Gasteiger partial charge in [-0.3, -0.25) is 4.79 Å². The molecule has 0 atom stereocenters. The summed E-state index contributed by atoms with van der Waals surface area (Å²) >= 11 is 0. The second-order valence-electron chi connectivity index (χ2n) is 3.85. The number of nitrogens with one attached hydrogen (secondary N) is 1. The summed E-state index contributed by atoms with van der Waals surface area (Å²) in [5.41, 5.74) is 0.487. The molecule has 1 aromatic heterocycles. The lowest BCUT2D eigenvalue weighted by molar-refractivity contribution is 0.0942. The number of carbonyl (C=O) groups is 1. The molecule has 6 nitrogen and oxygen atoms in total. The molecule has 1 heterocycles. The summed E-state index contributed by atoms with van der Waals surface area (Å²) in [5, 5.41) is 6.36. The van der Waals surface area contributed by atoms with Crippen molar-refractivity contribution in [3.05, 3.63) is 41.5 Å². The molecule has 0 saturated heterocycles. The molecule has 0 fully saturated rings. The first-order valence-electron chi connectivity index (χ1n) is 6.00. The van der Waals surface area contributed by atoms with E-state index in [4.69, 9.17) is 9.26 Å². The molecular formula is C13H15N3O3. The van der Waals surface area contributed by atoms with Crippen molar-refractivity contribution in [2.75, 3.05) is 6.61 Å². The zero-order valence-electron chi connectivity index (χ0n) is 10.8. The molecule has 0 radical (unpaired) electrons. The highest BCUT2D eigenvalue weighted by Crippen LogP contribution is 2.17. The molecule has 1 aromatic carbocycles. The van der Waals surface area contributed by atoms with E-state index in [1.54, 1.807) is 25.1 Å². The van der Waals surface area contributed by atoms with E-state index in [2.05, 4.69) is 15.5 Å². The Morgan fingerprint density at radius 2 is 2.21 bits per heavy atom. The summed E-state index contributed by atoms with van der Waals surface area (Å²) in [7, 11) is 0. The summed E-state index contributed by atoms with van der Waals surface area (Å²) in [6.07, 6.45) is 0. The fourth-order valence-electron chi connectivity index (χ4n) is 1.60. The van der Waals surface area contributed by atoms with E-state index in [1.165, 1.54) is 0 Å². The van der Waals surface area contributed by atoms with E-state index >= 15 is 0 Å². The van der Waals surface area contributed by atoms with Crippen LogP contribution in [0.25, 0.3) is 0 Å². The zero-order valence-corrected chi connectivity index (χ0v) is 10.8. The number of aryl methyl sites for hydroxylation is 1. The van der Waals surface area contributed by atoms with Gasteiger partial charge in [-0.1, -0.05) is 17.3 Å². The first-order chi connectivity index (χ1) is 9.20. The van der Waals surface area contributed by atoms with Crippen molar-refractivity contribution in [1.29, 1.82) is 0 Å². The lowest BCUT2D eigenvalue weighted by Gasteiger charge is -2.09. The number of aromatic nitrogens is 2. The van der Waals surface area contributed by atoms with E-state index < -0.39 is 0 Å². The topological polar surface area (TPSA) is 77.2 Å². The maximum absolute atomic E-state index is 12.0. The lowest BCUT2D eigenvalue weighted by Crippen LogP contribution is -2.23. The SMILES string of the molecule is CCOc1ccccc1C(=O)NCc1nc(C)no1. The molecule has 1 N–H and O–H groups in total. The molecule has 1 amide bonds. The number of carbonyl (C=O) groups excluding carboxylic acids is 1. The molecular weight excluding hydrogens is 246 g/mol. The number of hydrogen-bond donors (Lipinski definition) is 1. The molecule has 0 aliphatic rings. The average Bonchev–Trinajstić information content (AvgIpc) is 2.83. The third kappa shape index (κ3) is 3.31. The van der Waals surface area contributed by atoms with Crippen molar-refractivity contribution in [1.82, 2.24) is 15.5 Å². The van der Waals surface area contributed by atoms with Gasteiger partial charge in [0.05, 0.1) is 18.7 Å². The van der Waals surface area contributed by atoms with Gasteiger partial charge in [0.1, 0.15) is 5.75 Å². The van der Waals surface area contributed by atoms with Crippen molar-refractivity contribution < 1.29 is 14.1 Å². The number of nitrogens with zero attached hydrogens (tertiary/aromatic N) is 2. The molecule has 2 rings (SSSR count). The standard InChI is InChI=1S/C13H15N3O3/c1-3-18-11-7-5-4-6-10(11)13(17)14-8-12-15-9(2)16-19-12/h4-7H,3,8H2,1-2H3,(H,14,17). The van der Waals surface area contributed by atoms with Gasteiger partial charge in [-0.2, -0.15) is 4.98 Å². The Morgan fingerprint density at radius 1 is 1.42 bits per heavy atom. The van der Waals surface area contributed by atoms with Crippen LogP contribution in [0.5, 0.6) is 5.75 Å². The highest BCUT2D eigenvalue weighted by Gasteiger charge is 2.12. The van der Waals surface area contributed by atoms with E-state index in [0.29, 0.717) is 29.6 Å². The summed E-state index contributed by atoms with van der Waals surface area (Å²) in [6.45, 7) is 4.29. The van der Waals surface area contributed by atoms with Crippen LogP contribution in [0.2, 0.25) is 0 Å². The number of ether oxygens (including phenoxy) is 1. The van der Waals surface area contributed by atoms with E-state index in [0.717, 1.165) is 0 Å². The van der Waals surface area contributed by atoms with Gasteiger partial charge in [0, 0.05) is 0 Å². The van der Waals surface area contributed by atoms with Gasteiger partial charge in [-0.15, -0.1) is 0 Å². The van der Waals surface area contributed by atoms with Crippen LogP contribution in [0.1, 0.15) is 29.0 Å². The predicted octanol–water partition coefficient (Wildman–Crippen LogP) is 1.71. The summed E-state index contributed by atoms with van der Waals surface area (Å²) < 4.78 is 10.3. The van der Waals surface area contributed by atoms with E-state index in [1.807, 2.05) is 13.0 Å². The zero-order chi connectivity index (χ0) is 13.7. The van der Waals surface area contributed by atoms with Gasteiger partial charge in [0.2, 0.25) is 5.89 Å². The molecule has 2 aromatic rings. The molecule has 0 unspecified atom stereocenters. The fourth-order valence-corrected chi connectivity index (χ4v) is 1.60. The Bertz CT molecular complexity index is 566. The molecule has 6 heteroatoms. The Hall–Kier alpha value is -2.37. The van der Waals surface area contributed by atoms with Crippen LogP contribution in [-0.2, 0) is 6.54 Å². The maximum Gasteiger partial charge on any atom is 0.255 e. The Balaban J connectivity index is 2.03. The largest absolute Gasteiger partial charge is 0.493 e. The highest BCUT2D eigenvalue weighted by molar-refractivity contribution is 5.96. The van der Waals surface area contributed by atoms with Gasteiger partial charge in [0.15, 0.2) is 5.82 Å². The van der Waals surface area contributed by atoms with Crippen LogP contribution in [0.3, 0.4) is 0 Å². The normalized spacial score (nSPS) is 10.2. The third-order valence-corrected chi connectivity index (χ3v) is 2.40. The lowest BCUT2D eigenvalue weighted by atomic mass is 10.2. The Labute approximate surface area is 110 Å². The molecule has 0 spiro atoms.